The number of H-pyrrole nitrogens is 1. The molecule has 0 saturated carbocycles. The van der Waals surface area contributed by atoms with Gasteiger partial charge in [0, 0.05) is 29.1 Å². The van der Waals surface area contributed by atoms with Crippen molar-refractivity contribution >= 4 is 16.8 Å². The van der Waals surface area contributed by atoms with Crippen LogP contribution in [0.25, 0.3) is 10.9 Å². The number of rotatable bonds is 3. The molecule has 2 aromatic rings. The van der Waals surface area contributed by atoms with Crippen LogP contribution < -0.4 is 0 Å². The third kappa shape index (κ3) is 1.85. The predicted molar refractivity (Wildman–Crippen MR) is 61.2 cm³/mol. The molecule has 0 saturated heterocycles. The average molecular weight is 198 g/mol. The number of hydrogen-bond acceptors (Lipinski definition) is 1. The summed E-state index contributed by atoms with van der Waals surface area (Å²) in [4.78, 5) is 13.8. The predicted octanol–water partition coefficient (Wildman–Crippen LogP) is 2.69. The van der Waals surface area contributed by atoms with Crippen LogP contribution in [0, 0.1) is 6.42 Å². The summed E-state index contributed by atoms with van der Waals surface area (Å²) in [6.45, 7) is 1.86. The summed E-state index contributed by atoms with van der Waals surface area (Å²) in [5.74, 6) is 1.95. The Balaban J connectivity index is 2.40. The van der Waals surface area contributed by atoms with E-state index in [0.29, 0.717) is 12.0 Å². The normalized spacial score (nSPS) is 10.2. The Hall–Kier alpha value is -1.79. The number of hydrogen-bond donors (Lipinski definition) is 1. The molecule has 0 aliphatic rings. The van der Waals surface area contributed by atoms with Crippen molar-refractivity contribution in [2.24, 2.45) is 0 Å². The maximum atomic E-state index is 10.6. The monoisotopic (exact) mass is 198 g/mol. The van der Waals surface area contributed by atoms with Crippen molar-refractivity contribution in [2.75, 3.05) is 0 Å². The molecular weight excluding hydrogens is 186 g/mol. The van der Waals surface area contributed by atoms with Gasteiger partial charge in [-0.3, -0.25) is 0 Å². The van der Waals surface area contributed by atoms with E-state index in [9.17, 15) is 4.79 Å². The van der Waals surface area contributed by atoms with E-state index in [-0.39, 0.29) is 0 Å². The van der Waals surface area contributed by atoms with Gasteiger partial charge in [0.05, 0.1) is 0 Å². The molecule has 0 bridgehead atoms. The van der Waals surface area contributed by atoms with Crippen molar-refractivity contribution in [2.45, 2.75) is 13.3 Å². The van der Waals surface area contributed by atoms with Gasteiger partial charge in [-0.05, 0) is 18.1 Å². The van der Waals surface area contributed by atoms with Crippen LogP contribution in [0.1, 0.15) is 12.5 Å². The maximum Gasteiger partial charge on any atom is 0.124 e. The smallest absolute Gasteiger partial charge is 0.124 e. The van der Waals surface area contributed by atoms with Crippen molar-refractivity contribution in [3.05, 3.63) is 48.0 Å². The molecule has 2 nitrogen and oxygen atoms in total. The number of aromatic amines is 1. The highest BCUT2D eigenvalue weighted by Gasteiger charge is 2.05. The first-order valence-electron chi connectivity index (χ1n) is 4.93. The molecule has 0 aliphatic carbocycles. The van der Waals surface area contributed by atoms with Crippen LogP contribution in [0.2, 0.25) is 0 Å². The molecule has 1 heterocycles. The Bertz CT molecular complexity index is 518. The Labute approximate surface area is 88.6 Å². The summed E-state index contributed by atoms with van der Waals surface area (Å²) in [7, 11) is 0. The first kappa shape index (κ1) is 9.75. The molecule has 0 atom stereocenters. The molecule has 1 aromatic carbocycles. The van der Waals surface area contributed by atoms with Gasteiger partial charge in [0.15, 0.2) is 0 Å². The van der Waals surface area contributed by atoms with Gasteiger partial charge < -0.3 is 4.98 Å². The number of benzene rings is 1. The maximum absolute atomic E-state index is 10.6. The van der Waals surface area contributed by atoms with E-state index in [4.69, 9.17) is 0 Å². The molecule has 0 spiro atoms. The van der Waals surface area contributed by atoms with Gasteiger partial charge in [0.25, 0.3) is 0 Å². The van der Waals surface area contributed by atoms with Gasteiger partial charge in [0.1, 0.15) is 5.94 Å². The Kier molecular flexibility index (Phi) is 2.70. The van der Waals surface area contributed by atoms with Crippen molar-refractivity contribution < 1.29 is 4.79 Å². The van der Waals surface area contributed by atoms with Gasteiger partial charge in [-0.15, -0.1) is 0 Å². The molecule has 1 aromatic heterocycles. The van der Waals surface area contributed by atoms with Gasteiger partial charge in [0.2, 0.25) is 0 Å². The fourth-order valence-electron chi connectivity index (χ4n) is 1.68. The Morgan fingerprint density at radius 2 is 2.27 bits per heavy atom. The molecule has 0 amide bonds. The number of aromatic nitrogens is 1. The van der Waals surface area contributed by atoms with Crippen LogP contribution in [0.15, 0.2) is 36.0 Å². The zero-order valence-corrected chi connectivity index (χ0v) is 8.58. The van der Waals surface area contributed by atoms with Gasteiger partial charge in [-0.2, -0.15) is 0 Å². The first-order valence-corrected chi connectivity index (χ1v) is 4.93. The molecule has 2 heteroatoms. The van der Waals surface area contributed by atoms with E-state index < -0.39 is 0 Å². The van der Waals surface area contributed by atoms with E-state index in [1.54, 1.807) is 6.42 Å². The standard InChI is InChI=1S/C13H12NO/c1-2-10(9-15)7-11-8-14-13-6-4-3-5-12(11)13/h2-6,8,14H,7H2,1H3. The lowest BCUT2D eigenvalue weighted by Gasteiger charge is -1.98. The Morgan fingerprint density at radius 3 is 3.00 bits per heavy atom. The highest BCUT2D eigenvalue weighted by atomic mass is 16.1. The number of fused-ring (bicyclic) bond motifs is 1. The minimum atomic E-state index is 0.643. The topological polar surface area (TPSA) is 32.9 Å². The summed E-state index contributed by atoms with van der Waals surface area (Å²) < 4.78 is 0. The summed E-state index contributed by atoms with van der Waals surface area (Å²) in [6, 6.07) is 8.07. The third-order valence-corrected chi connectivity index (χ3v) is 2.54. The van der Waals surface area contributed by atoms with Crippen molar-refractivity contribution in [3.8, 4) is 0 Å². The zero-order chi connectivity index (χ0) is 10.7. The summed E-state index contributed by atoms with van der Waals surface area (Å²) >= 11 is 0. The fourth-order valence-corrected chi connectivity index (χ4v) is 1.68. The van der Waals surface area contributed by atoms with E-state index in [1.807, 2.05) is 37.3 Å². The minimum Gasteiger partial charge on any atom is -0.361 e. The van der Waals surface area contributed by atoms with Crippen LogP contribution in [-0.2, 0) is 11.2 Å². The quantitative estimate of drug-likeness (QED) is 0.756. The lowest BCUT2D eigenvalue weighted by molar-refractivity contribution is 0.567. The number of carbonyl (C=O) groups excluding carboxylic acids is 1. The van der Waals surface area contributed by atoms with Crippen LogP contribution in [0.4, 0.5) is 0 Å². The number of allylic oxidation sites excluding steroid dienone is 1. The van der Waals surface area contributed by atoms with E-state index in [2.05, 4.69) is 11.1 Å². The van der Waals surface area contributed by atoms with Gasteiger partial charge in [-0.25, -0.2) is 4.79 Å². The highest BCUT2D eigenvalue weighted by molar-refractivity contribution is 5.83. The Morgan fingerprint density at radius 1 is 1.47 bits per heavy atom. The number of para-hydroxylation sites is 1. The molecule has 0 aliphatic heterocycles. The molecule has 2 rings (SSSR count). The SMILES string of the molecule is C[CH]C(=C=O)Cc1c[nH]c2ccccc12. The molecular formula is C13H12NO. The second-order valence-corrected chi connectivity index (χ2v) is 3.45. The van der Waals surface area contributed by atoms with E-state index >= 15 is 0 Å². The van der Waals surface area contributed by atoms with Crippen LogP contribution >= 0.6 is 0 Å². The van der Waals surface area contributed by atoms with Crippen molar-refractivity contribution in [1.29, 1.82) is 0 Å². The van der Waals surface area contributed by atoms with Crippen LogP contribution in [0.3, 0.4) is 0 Å². The lowest BCUT2D eigenvalue weighted by Crippen LogP contribution is -1.89. The minimum absolute atomic E-state index is 0.643. The summed E-state index contributed by atoms with van der Waals surface area (Å²) in [5.41, 5.74) is 2.94. The van der Waals surface area contributed by atoms with Crippen LogP contribution in [-0.4, -0.2) is 10.9 Å². The average Bonchev–Trinajstić information content (AvgIpc) is 2.69. The molecule has 0 fully saturated rings. The van der Waals surface area contributed by atoms with Crippen molar-refractivity contribution in [1.82, 2.24) is 4.98 Å². The van der Waals surface area contributed by atoms with Gasteiger partial charge >= 0.3 is 0 Å². The molecule has 1 radical (unpaired) electrons. The second kappa shape index (κ2) is 4.16. The summed E-state index contributed by atoms with van der Waals surface area (Å²) in [6.07, 6.45) is 4.39. The largest absolute Gasteiger partial charge is 0.361 e. The third-order valence-electron chi connectivity index (χ3n) is 2.54. The number of nitrogens with one attached hydrogen (secondary N) is 1. The van der Waals surface area contributed by atoms with E-state index in [0.717, 1.165) is 11.1 Å². The van der Waals surface area contributed by atoms with Crippen LogP contribution in [0.5, 0.6) is 0 Å². The lowest BCUT2D eigenvalue weighted by atomic mass is 10.0. The molecule has 15 heavy (non-hydrogen) atoms. The zero-order valence-electron chi connectivity index (χ0n) is 8.58. The molecule has 0 unspecified atom stereocenters. The van der Waals surface area contributed by atoms with E-state index in [1.165, 1.54) is 5.39 Å². The van der Waals surface area contributed by atoms with Crippen molar-refractivity contribution in [3.63, 3.8) is 0 Å². The second-order valence-electron chi connectivity index (χ2n) is 3.45. The highest BCUT2D eigenvalue weighted by Crippen LogP contribution is 2.20. The molecule has 75 valence electrons. The first-order chi connectivity index (χ1) is 7.35. The fraction of sp³-hybridized carbons (Fsp3) is 0.154. The summed E-state index contributed by atoms with van der Waals surface area (Å²) in [5, 5.41) is 1.17. The molecule has 1 N–H and O–H groups in total. The van der Waals surface area contributed by atoms with Gasteiger partial charge in [-0.1, -0.05) is 25.1 Å².